The van der Waals surface area contributed by atoms with Crippen LogP contribution in [0.4, 0.5) is 10.8 Å². The first-order valence-corrected chi connectivity index (χ1v) is 10.1. The van der Waals surface area contributed by atoms with Crippen molar-refractivity contribution in [3.63, 3.8) is 0 Å². The van der Waals surface area contributed by atoms with Crippen molar-refractivity contribution in [2.75, 3.05) is 25.0 Å². The van der Waals surface area contributed by atoms with Gasteiger partial charge in [0.25, 0.3) is 0 Å². The minimum atomic E-state index is -0.0964. The van der Waals surface area contributed by atoms with Gasteiger partial charge in [-0.05, 0) is 63.1 Å². The third kappa shape index (κ3) is 4.90. The SMILES string of the molecule is CCOC(=O)[C@H]1CCCN(Cn2nc(Nc3cccc(C)c3)sc2=S)C1. The van der Waals surface area contributed by atoms with Gasteiger partial charge in [-0.1, -0.05) is 23.5 Å². The van der Waals surface area contributed by atoms with Crippen LogP contribution in [0.15, 0.2) is 24.3 Å². The number of likely N-dealkylation sites (tertiary alicyclic amines) is 1. The number of hydrogen-bond donors (Lipinski definition) is 1. The van der Waals surface area contributed by atoms with E-state index in [1.54, 1.807) is 0 Å². The van der Waals surface area contributed by atoms with E-state index in [0.29, 0.717) is 19.8 Å². The molecule has 26 heavy (non-hydrogen) atoms. The standard InChI is InChI=1S/C18H24N4O2S2/c1-3-24-16(23)14-7-5-9-21(11-14)12-22-18(25)26-17(20-22)19-15-8-4-6-13(2)10-15/h4,6,8,10,14H,3,5,7,9,11-12H2,1-2H3,(H,19,20)/t14-/m0/s1. The molecule has 0 spiro atoms. The lowest BCUT2D eigenvalue weighted by Crippen LogP contribution is -2.40. The smallest absolute Gasteiger partial charge is 0.310 e. The van der Waals surface area contributed by atoms with E-state index in [2.05, 4.69) is 34.4 Å². The van der Waals surface area contributed by atoms with Gasteiger partial charge in [-0.2, -0.15) is 0 Å². The number of ether oxygens (including phenoxy) is 1. The van der Waals surface area contributed by atoms with Crippen LogP contribution in [0.3, 0.4) is 0 Å². The molecular weight excluding hydrogens is 368 g/mol. The summed E-state index contributed by atoms with van der Waals surface area (Å²) < 4.78 is 7.71. The molecule has 2 heterocycles. The Hall–Kier alpha value is -1.77. The number of anilines is 2. The molecule has 0 amide bonds. The van der Waals surface area contributed by atoms with Gasteiger partial charge in [0, 0.05) is 12.2 Å². The highest BCUT2D eigenvalue weighted by molar-refractivity contribution is 7.73. The molecule has 1 atom stereocenters. The van der Waals surface area contributed by atoms with Crippen LogP contribution >= 0.6 is 23.6 Å². The monoisotopic (exact) mass is 392 g/mol. The van der Waals surface area contributed by atoms with Crippen LogP contribution in [0.25, 0.3) is 0 Å². The predicted molar refractivity (Wildman–Crippen MR) is 106 cm³/mol. The third-order valence-corrected chi connectivity index (χ3v) is 5.56. The lowest BCUT2D eigenvalue weighted by Gasteiger charge is -2.31. The minimum absolute atomic E-state index is 0.0543. The average Bonchev–Trinajstić information content (AvgIpc) is 2.94. The first-order valence-electron chi connectivity index (χ1n) is 8.86. The molecule has 140 valence electrons. The number of piperidine rings is 1. The van der Waals surface area contributed by atoms with E-state index in [4.69, 9.17) is 17.0 Å². The Bertz CT molecular complexity index is 818. The Balaban J connectivity index is 1.64. The van der Waals surface area contributed by atoms with Crippen LogP contribution < -0.4 is 5.32 Å². The van der Waals surface area contributed by atoms with Gasteiger partial charge in [-0.25, -0.2) is 4.68 Å². The van der Waals surface area contributed by atoms with Crippen molar-refractivity contribution in [1.82, 2.24) is 14.7 Å². The fraction of sp³-hybridized carbons (Fsp3) is 0.500. The molecule has 1 aliphatic rings. The molecule has 1 fully saturated rings. The fourth-order valence-electron chi connectivity index (χ4n) is 3.12. The summed E-state index contributed by atoms with van der Waals surface area (Å²) in [5.74, 6) is -0.151. The second-order valence-electron chi connectivity index (χ2n) is 6.48. The number of carbonyl (C=O) groups is 1. The highest BCUT2D eigenvalue weighted by Crippen LogP contribution is 2.23. The van der Waals surface area contributed by atoms with Crippen molar-refractivity contribution in [3.8, 4) is 0 Å². The van der Waals surface area contributed by atoms with Crippen molar-refractivity contribution in [2.45, 2.75) is 33.4 Å². The summed E-state index contributed by atoms with van der Waals surface area (Å²) in [5, 5.41) is 8.69. The predicted octanol–water partition coefficient (Wildman–Crippen LogP) is 3.96. The van der Waals surface area contributed by atoms with Crippen LogP contribution in [0.5, 0.6) is 0 Å². The quantitative estimate of drug-likeness (QED) is 0.593. The zero-order valence-corrected chi connectivity index (χ0v) is 16.7. The second-order valence-corrected chi connectivity index (χ2v) is 8.10. The van der Waals surface area contributed by atoms with Gasteiger partial charge < -0.3 is 10.1 Å². The summed E-state index contributed by atoms with van der Waals surface area (Å²) in [6.07, 6.45) is 1.87. The van der Waals surface area contributed by atoms with Crippen LogP contribution in [-0.4, -0.2) is 40.3 Å². The van der Waals surface area contributed by atoms with E-state index in [0.717, 1.165) is 34.2 Å². The summed E-state index contributed by atoms with van der Waals surface area (Å²) >= 11 is 6.92. The number of aryl methyl sites for hydroxylation is 1. The lowest BCUT2D eigenvalue weighted by molar-refractivity contribution is -0.150. The molecular formula is C18H24N4O2S2. The van der Waals surface area contributed by atoms with E-state index in [1.807, 2.05) is 23.7 Å². The molecule has 1 aromatic heterocycles. The maximum Gasteiger partial charge on any atom is 0.310 e. The van der Waals surface area contributed by atoms with Crippen molar-refractivity contribution in [3.05, 3.63) is 33.8 Å². The maximum absolute atomic E-state index is 12.0. The van der Waals surface area contributed by atoms with Gasteiger partial charge in [0.2, 0.25) is 5.13 Å². The van der Waals surface area contributed by atoms with Crippen LogP contribution in [0.2, 0.25) is 0 Å². The Morgan fingerprint density at radius 1 is 1.50 bits per heavy atom. The highest BCUT2D eigenvalue weighted by Gasteiger charge is 2.27. The topological polar surface area (TPSA) is 59.4 Å². The Morgan fingerprint density at radius 3 is 3.12 bits per heavy atom. The minimum Gasteiger partial charge on any atom is -0.466 e. The first kappa shape index (κ1) is 19.0. The van der Waals surface area contributed by atoms with E-state index in [-0.39, 0.29) is 11.9 Å². The number of benzene rings is 1. The van der Waals surface area contributed by atoms with Crippen molar-refractivity contribution in [2.24, 2.45) is 5.92 Å². The molecule has 8 heteroatoms. The summed E-state index contributed by atoms with van der Waals surface area (Å²) in [5.41, 5.74) is 2.19. The molecule has 0 aliphatic carbocycles. The van der Waals surface area contributed by atoms with Crippen LogP contribution in [0.1, 0.15) is 25.3 Å². The van der Waals surface area contributed by atoms with Crippen LogP contribution in [0, 0.1) is 16.8 Å². The van der Waals surface area contributed by atoms with Crippen molar-refractivity contribution in [1.29, 1.82) is 0 Å². The first-order chi connectivity index (χ1) is 12.5. The molecule has 0 unspecified atom stereocenters. The van der Waals surface area contributed by atoms with E-state index in [9.17, 15) is 4.79 Å². The van der Waals surface area contributed by atoms with Gasteiger partial charge >= 0.3 is 5.97 Å². The van der Waals surface area contributed by atoms with Gasteiger partial charge in [0.1, 0.15) is 0 Å². The average molecular weight is 393 g/mol. The number of hydrogen-bond acceptors (Lipinski definition) is 7. The molecule has 1 aromatic carbocycles. The molecule has 6 nitrogen and oxygen atoms in total. The number of aromatic nitrogens is 2. The Morgan fingerprint density at radius 2 is 2.35 bits per heavy atom. The molecule has 0 saturated carbocycles. The van der Waals surface area contributed by atoms with Gasteiger partial charge in [-0.15, -0.1) is 5.10 Å². The summed E-state index contributed by atoms with van der Waals surface area (Å²) in [6.45, 7) is 6.56. The highest BCUT2D eigenvalue weighted by atomic mass is 32.1. The maximum atomic E-state index is 12.0. The zero-order valence-electron chi connectivity index (χ0n) is 15.1. The molecule has 0 bridgehead atoms. The molecule has 3 rings (SSSR count). The third-order valence-electron chi connectivity index (χ3n) is 4.34. The van der Waals surface area contributed by atoms with Crippen LogP contribution in [-0.2, 0) is 16.2 Å². The fourth-order valence-corrected chi connectivity index (χ4v) is 4.13. The van der Waals surface area contributed by atoms with E-state index in [1.165, 1.54) is 16.9 Å². The summed E-state index contributed by atoms with van der Waals surface area (Å²) in [6, 6.07) is 8.15. The van der Waals surface area contributed by atoms with Crippen molar-refractivity contribution < 1.29 is 9.53 Å². The van der Waals surface area contributed by atoms with E-state index < -0.39 is 0 Å². The number of carbonyl (C=O) groups excluding carboxylic acids is 1. The molecule has 1 saturated heterocycles. The number of esters is 1. The molecule has 2 aromatic rings. The Kier molecular flexibility index (Phi) is 6.39. The second kappa shape index (κ2) is 8.75. The zero-order chi connectivity index (χ0) is 18.5. The number of nitrogens with zero attached hydrogens (tertiary/aromatic N) is 3. The lowest BCUT2D eigenvalue weighted by atomic mass is 9.99. The van der Waals surface area contributed by atoms with Gasteiger partial charge in [0.05, 0.1) is 19.2 Å². The molecule has 1 N–H and O–H groups in total. The van der Waals surface area contributed by atoms with Gasteiger partial charge in [0.15, 0.2) is 3.95 Å². The normalized spacial score (nSPS) is 17.8. The summed E-state index contributed by atoms with van der Waals surface area (Å²) in [7, 11) is 0. The van der Waals surface area contributed by atoms with Gasteiger partial charge in [-0.3, -0.25) is 9.69 Å². The Labute approximate surface area is 162 Å². The van der Waals surface area contributed by atoms with Crippen molar-refractivity contribution >= 4 is 40.3 Å². The molecule has 1 aliphatic heterocycles. The number of nitrogens with one attached hydrogen (secondary N) is 1. The largest absolute Gasteiger partial charge is 0.466 e. The van der Waals surface area contributed by atoms with E-state index >= 15 is 0 Å². The number of rotatable bonds is 6. The summed E-state index contributed by atoms with van der Waals surface area (Å²) in [4.78, 5) is 14.2. The molecule has 0 radical (unpaired) electrons.